The van der Waals surface area contributed by atoms with Gasteiger partial charge in [-0.2, -0.15) is 0 Å². The zero-order chi connectivity index (χ0) is 17.8. The number of para-hydroxylation sites is 1. The number of nitrogens with one attached hydrogen (secondary N) is 1. The van der Waals surface area contributed by atoms with Gasteiger partial charge in [-0.15, -0.1) is 0 Å². The first kappa shape index (κ1) is 17.0. The Kier molecular flexibility index (Phi) is 5.03. The summed E-state index contributed by atoms with van der Waals surface area (Å²) in [6, 6.07) is 15.3. The number of likely N-dealkylation sites (N-methyl/N-ethyl adjacent to an activating group) is 1. The molecule has 0 aliphatic carbocycles. The second kappa shape index (κ2) is 7.38. The topological polar surface area (TPSA) is 58.6 Å². The Hall–Kier alpha value is -2.82. The largest absolute Gasteiger partial charge is 0.492 e. The van der Waals surface area contributed by atoms with Gasteiger partial charge in [0.05, 0.1) is 12.5 Å². The first-order valence-electron chi connectivity index (χ1n) is 8.38. The van der Waals surface area contributed by atoms with E-state index >= 15 is 0 Å². The molecule has 5 heteroatoms. The van der Waals surface area contributed by atoms with Gasteiger partial charge in [0.15, 0.2) is 0 Å². The van der Waals surface area contributed by atoms with Crippen molar-refractivity contribution in [2.75, 3.05) is 25.5 Å². The fourth-order valence-electron chi connectivity index (χ4n) is 2.94. The van der Waals surface area contributed by atoms with Crippen LogP contribution in [0.25, 0.3) is 0 Å². The van der Waals surface area contributed by atoms with Gasteiger partial charge in [-0.1, -0.05) is 35.9 Å². The van der Waals surface area contributed by atoms with Crippen molar-refractivity contribution >= 4 is 17.5 Å². The third-order valence-electron chi connectivity index (χ3n) is 4.39. The predicted octanol–water partition coefficient (Wildman–Crippen LogP) is 2.96. The number of carbonyl (C=O) groups is 2. The molecule has 130 valence electrons. The van der Waals surface area contributed by atoms with Crippen molar-refractivity contribution in [3.63, 3.8) is 0 Å². The molecular formula is C20H22N2O3. The summed E-state index contributed by atoms with van der Waals surface area (Å²) in [7, 11) is 1.75. The monoisotopic (exact) mass is 338 g/mol. The Morgan fingerprint density at radius 1 is 1.20 bits per heavy atom. The smallest absolute Gasteiger partial charge is 0.230 e. The summed E-state index contributed by atoms with van der Waals surface area (Å²) < 4.78 is 5.69. The van der Waals surface area contributed by atoms with Crippen LogP contribution in [0.3, 0.4) is 0 Å². The van der Waals surface area contributed by atoms with Crippen molar-refractivity contribution in [3.8, 4) is 5.75 Å². The first-order valence-corrected chi connectivity index (χ1v) is 8.38. The van der Waals surface area contributed by atoms with E-state index in [1.54, 1.807) is 11.9 Å². The number of carbonyl (C=O) groups excluding carboxylic acids is 2. The minimum Gasteiger partial charge on any atom is -0.492 e. The molecule has 0 fully saturated rings. The number of anilines is 1. The van der Waals surface area contributed by atoms with E-state index in [0.717, 1.165) is 17.0 Å². The number of hydrogen-bond acceptors (Lipinski definition) is 3. The predicted molar refractivity (Wildman–Crippen MR) is 96.7 cm³/mol. The Labute approximate surface area is 147 Å². The van der Waals surface area contributed by atoms with Crippen LogP contribution < -0.4 is 10.1 Å². The Morgan fingerprint density at radius 2 is 1.92 bits per heavy atom. The average Bonchev–Trinajstić information content (AvgIpc) is 2.62. The molecule has 3 rings (SSSR count). The van der Waals surface area contributed by atoms with Crippen LogP contribution in [-0.2, 0) is 9.59 Å². The maximum absolute atomic E-state index is 12.8. The molecule has 0 spiro atoms. The number of amides is 2. The summed E-state index contributed by atoms with van der Waals surface area (Å²) in [5.41, 5.74) is 2.77. The van der Waals surface area contributed by atoms with E-state index in [1.165, 1.54) is 5.56 Å². The summed E-state index contributed by atoms with van der Waals surface area (Å²) in [5.74, 6) is 0.166. The number of hydrogen-bond donors (Lipinski definition) is 1. The van der Waals surface area contributed by atoms with Crippen molar-refractivity contribution in [2.24, 2.45) is 0 Å². The Balaban J connectivity index is 1.60. The number of fused-ring (bicyclic) bond motifs is 1. The van der Waals surface area contributed by atoms with E-state index in [2.05, 4.69) is 5.32 Å². The van der Waals surface area contributed by atoms with Crippen molar-refractivity contribution in [1.82, 2.24) is 4.90 Å². The van der Waals surface area contributed by atoms with Crippen molar-refractivity contribution in [3.05, 3.63) is 59.7 Å². The van der Waals surface area contributed by atoms with Crippen LogP contribution in [0.1, 0.15) is 23.5 Å². The molecule has 1 atom stereocenters. The molecule has 2 aromatic carbocycles. The average molecular weight is 338 g/mol. The lowest BCUT2D eigenvalue weighted by atomic mass is 9.89. The molecule has 25 heavy (non-hydrogen) atoms. The molecule has 0 radical (unpaired) electrons. The van der Waals surface area contributed by atoms with Gasteiger partial charge in [-0.05, 0) is 30.7 Å². The lowest BCUT2D eigenvalue weighted by Gasteiger charge is -2.28. The van der Waals surface area contributed by atoms with Gasteiger partial charge in [0.25, 0.3) is 0 Å². The van der Waals surface area contributed by atoms with Crippen LogP contribution in [0, 0.1) is 6.92 Å². The van der Waals surface area contributed by atoms with E-state index in [1.807, 2.05) is 55.5 Å². The van der Waals surface area contributed by atoms with Crippen LogP contribution in [0.15, 0.2) is 48.5 Å². The molecule has 5 nitrogen and oxygen atoms in total. The van der Waals surface area contributed by atoms with E-state index < -0.39 is 5.92 Å². The third kappa shape index (κ3) is 3.99. The minimum absolute atomic E-state index is 0.0604. The molecule has 0 bridgehead atoms. The molecule has 2 aromatic rings. The first-order chi connectivity index (χ1) is 12.0. The summed E-state index contributed by atoms with van der Waals surface area (Å²) >= 11 is 0. The maximum Gasteiger partial charge on any atom is 0.230 e. The molecular weight excluding hydrogens is 316 g/mol. The Morgan fingerprint density at radius 3 is 2.68 bits per heavy atom. The van der Waals surface area contributed by atoms with Crippen LogP contribution >= 0.6 is 0 Å². The molecule has 1 aliphatic rings. The molecule has 0 saturated carbocycles. The third-order valence-corrected chi connectivity index (χ3v) is 4.39. The lowest BCUT2D eigenvalue weighted by Crippen LogP contribution is -2.38. The molecule has 1 N–H and O–H groups in total. The summed E-state index contributed by atoms with van der Waals surface area (Å²) in [6.07, 6.45) is 0.180. The summed E-state index contributed by atoms with van der Waals surface area (Å²) in [6.45, 7) is 2.90. The van der Waals surface area contributed by atoms with Gasteiger partial charge >= 0.3 is 0 Å². The zero-order valence-corrected chi connectivity index (χ0v) is 14.5. The number of aryl methyl sites for hydroxylation is 1. The van der Waals surface area contributed by atoms with Gasteiger partial charge in [-0.25, -0.2) is 0 Å². The van der Waals surface area contributed by atoms with Crippen LogP contribution in [0.4, 0.5) is 5.69 Å². The highest BCUT2D eigenvalue weighted by Gasteiger charge is 2.32. The fraction of sp³-hybridized carbons (Fsp3) is 0.300. The van der Waals surface area contributed by atoms with E-state index in [0.29, 0.717) is 13.2 Å². The van der Waals surface area contributed by atoms with Crippen LogP contribution in [0.2, 0.25) is 0 Å². The Bertz CT molecular complexity index is 771. The van der Waals surface area contributed by atoms with Crippen molar-refractivity contribution < 1.29 is 14.3 Å². The normalized spacial score (nSPS) is 15.9. The van der Waals surface area contributed by atoms with Gasteiger partial charge in [0.2, 0.25) is 11.8 Å². The molecule has 1 unspecified atom stereocenters. The van der Waals surface area contributed by atoms with Gasteiger partial charge in [-0.3, -0.25) is 9.59 Å². The molecule has 1 aliphatic heterocycles. The van der Waals surface area contributed by atoms with E-state index in [-0.39, 0.29) is 18.2 Å². The van der Waals surface area contributed by atoms with Crippen molar-refractivity contribution in [2.45, 2.75) is 19.3 Å². The molecule has 1 heterocycles. The number of benzene rings is 2. The molecule has 2 amide bonds. The van der Waals surface area contributed by atoms with Gasteiger partial charge in [0.1, 0.15) is 12.4 Å². The minimum atomic E-state index is -0.436. The number of nitrogens with zero attached hydrogens (tertiary/aromatic N) is 1. The highest BCUT2D eigenvalue weighted by atomic mass is 16.5. The highest BCUT2D eigenvalue weighted by molar-refractivity contribution is 6.01. The fourth-order valence-corrected chi connectivity index (χ4v) is 2.94. The van der Waals surface area contributed by atoms with Crippen molar-refractivity contribution in [1.29, 1.82) is 0 Å². The summed E-state index contributed by atoms with van der Waals surface area (Å²) in [5, 5.41) is 2.82. The van der Waals surface area contributed by atoms with Crippen LogP contribution in [0.5, 0.6) is 5.75 Å². The standard InChI is InChI=1S/C20H22N2O3/c1-14-7-9-15(10-8-14)25-12-11-22(2)20(24)17-13-19(23)21-18-6-4-3-5-16(17)18/h3-10,17H,11-13H2,1-2H3,(H,21,23). The van der Waals surface area contributed by atoms with Gasteiger partial charge < -0.3 is 15.0 Å². The number of rotatable bonds is 5. The highest BCUT2D eigenvalue weighted by Crippen LogP contribution is 2.33. The van der Waals surface area contributed by atoms with E-state index in [9.17, 15) is 9.59 Å². The quantitative estimate of drug-likeness (QED) is 0.912. The second-order valence-corrected chi connectivity index (χ2v) is 6.31. The SMILES string of the molecule is Cc1ccc(OCCN(C)C(=O)C2CC(=O)Nc3ccccc32)cc1. The number of ether oxygens (including phenoxy) is 1. The maximum atomic E-state index is 12.8. The van der Waals surface area contributed by atoms with Crippen LogP contribution in [-0.4, -0.2) is 36.9 Å². The lowest BCUT2D eigenvalue weighted by molar-refractivity contribution is -0.134. The molecule has 0 aromatic heterocycles. The van der Waals surface area contributed by atoms with E-state index in [4.69, 9.17) is 4.74 Å². The second-order valence-electron chi connectivity index (χ2n) is 6.31. The van der Waals surface area contributed by atoms with Gasteiger partial charge in [0, 0.05) is 19.2 Å². The zero-order valence-electron chi connectivity index (χ0n) is 14.5. The summed E-state index contributed by atoms with van der Waals surface area (Å²) in [4.78, 5) is 26.3. The molecule has 0 saturated heterocycles.